The van der Waals surface area contributed by atoms with Crippen LogP contribution in [-0.4, -0.2) is 27.4 Å². The molecule has 0 radical (unpaired) electrons. The standard InChI is InChI=1S/C16H14N4O3/c21-15(18-13-7-3-4-9-17-19-13)14(16(22)23)20-10-8-11-5-1-2-6-12(11)20/h1-10,14,17H,(H,22,23)(H,18,19,21). The van der Waals surface area contributed by atoms with Gasteiger partial charge < -0.3 is 15.0 Å². The van der Waals surface area contributed by atoms with Gasteiger partial charge in [-0.2, -0.15) is 5.10 Å². The van der Waals surface area contributed by atoms with Crippen LogP contribution in [-0.2, 0) is 9.59 Å². The highest BCUT2D eigenvalue weighted by Crippen LogP contribution is 2.20. The van der Waals surface area contributed by atoms with Crippen molar-refractivity contribution in [1.82, 2.24) is 15.3 Å². The van der Waals surface area contributed by atoms with Crippen molar-refractivity contribution in [1.29, 1.82) is 0 Å². The molecule has 1 amide bonds. The summed E-state index contributed by atoms with van der Waals surface area (Å²) < 4.78 is 1.43. The maximum Gasteiger partial charge on any atom is 0.336 e. The van der Waals surface area contributed by atoms with Crippen molar-refractivity contribution < 1.29 is 14.7 Å². The molecule has 23 heavy (non-hydrogen) atoms. The predicted octanol–water partition coefficient (Wildman–Crippen LogP) is 1.37. The van der Waals surface area contributed by atoms with Gasteiger partial charge >= 0.3 is 5.97 Å². The fourth-order valence-corrected chi connectivity index (χ4v) is 2.34. The Balaban J connectivity index is 1.91. The molecule has 0 bridgehead atoms. The lowest BCUT2D eigenvalue weighted by atomic mass is 10.2. The second kappa shape index (κ2) is 6.18. The maximum atomic E-state index is 12.4. The Labute approximate surface area is 131 Å². The van der Waals surface area contributed by atoms with E-state index in [0.29, 0.717) is 5.52 Å². The number of nitrogens with one attached hydrogen (secondary N) is 2. The smallest absolute Gasteiger partial charge is 0.336 e. The summed E-state index contributed by atoms with van der Waals surface area (Å²) in [7, 11) is 0. The minimum Gasteiger partial charge on any atom is -0.479 e. The molecule has 7 nitrogen and oxygen atoms in total. The molecule has 2 aromatic rings. The van der Waals surface area contributed by atoms with E-state index in [2.05, 4.69) is 15.8 Å². The number of rotatable bonds is 3. The van der Waals surface area contributed by atoms with Crippen LogP contribution in [0.15, 0.2) is 66.1 Å². The van der Waals surface area contributed by atoms with Gasteiger partial charge in [-0.1, -0.05) is 24.3 Å². The van der Waals surface area contributed by atoms with E-state index in [0.717, 1.165) is 5.39 Å². The molecule has 116 valence electrons. The van der Waals surface area contributed by atoms with Crippen molar-refractivity contribution in [2.24, 2.45) is 5.10 Å². The topological polar surface area (TPSA) is 95.7 Å². The average molecular weight is 310 g/mol. The number of amides is 1. The molecule has 0 saturated heterocycles. The Morgan fingerprint density at radius 2 is 2.04 bits per heavy atom. The molecule has 2 heterocycles. The average Bonchev–Trinajstić information content (AvgIpc) is 2.76. The zero-order valence-electron chi connectivity index (χ0n) is 12.0. The summed E-state index contributed by atoms with van der Waals surface area (Å²) in [5, 5.41) is 16.8. The van der Waals surface area contributed by atoms with E-state index in [1.54, 1.807) is 48.8 Å². The Kier molecular flexibility index (Phi) is 3.92. The van der Waals surface area contributed by atoms with Crippen LogP contribution < -0.4 is 10.7 Å². The first-order chi connectivity index (χ1) is 11.2. The van der Waals surface area contributed by atoms with Crippen molar-refractivity contribution in [2.75, 3.05) is 0 Å². The van der Waals surface area contributed by atoms with Gasteiger partial charge in [0.1, 0.15) is 0 Å². The number of carboxylic acid groups (broad SMARTS) is 1. The summed E-state index contributed by atoms with van der Waals surface area (Å²) >= 11 is 0. The maximum absolute atomic E-state index is 12.4. The van der Waals surface area contributed by atoms with Crippen molar-refractivity contribution in [3.05, 3.63) is 61.0 Å². The molecule has 1 aromatic carbocycles. The fourth-order valence-electron chi connectivity index (χ4n) is 2.34. The number of allylic oxidation sites excluding steroid dienone is 2. The van der Waals surface area contributed by atoms with Crippen LogP contribution in [0.2, 0.25) is 0 Å². The quantitative estimate of drug-likeness (QED) is 0.746. The molecule has 0 aliphatic carbocycles. The van der Waals surface area contributed by atoms with Crippen molar-refractivity contribution in [3.8, 4) is 0 Å². The number of benzene rings is 1. The Hall–Kier alpha value is -3.35. The molecule has 0 fully saturated rings. The summed E-state index contributed by atoms with van der Waals surface area (Å²) in [6, 6.07) is 7.66. The van der Waals surface area contributed by atoms with Crippen molar-refractivity contribution in [2.45, 2.75) is 6.04 Å². The number of aliphatic carboxylic acids is 1. The minimum absolute atomic E-state index is 0.239. The lowest BCUT2D eigenvalue weighted by Crippen LogP contribution is -2.40. The molecule has 1 aromatic heterocycles. The molecular weight excluding hydrogens is 296 g/mol. The second-order valence-electron chi connectivity index (χ2n) is 4.86. The van der Waals surface area contributed by atoms with Crippen molar-refractivity contribution >= 4 is 28.6 Å². The van der Waals surface area contributed by atoms with Crippen molar-refractivity contribution in [3.63, 3.8) is 0 Å². The number of carbonyl (C=O) groups is 2. The molecule has 1 aliphatic rings. The Morgan fingerprint density at radius 1 is 1.22 bits per heavy atom. The van der Waals surface area contributed by atoms with Crippen LogP contribution >= 0.6 is 0 Å². The highest BCUT2D eigenvalue weighted by Gasteiger charge is 2.29. The number of hydrogen-bond acceptors (Lipinski definition) is 4. The van der Waals surface area contributed by atoms with Gasteiger partial charge in [0.05, 0.1) is 0 Å². The van der Waals surface area contributed by atoms with E-state index in [4.69, 9.17) is 0 Å². The number of hydrazone groups is 1. The minimum atomic E-state index is -1.39. The van der Waals surface area contributed by atoms with Gasteiger partial charge in [0.25, 0.3) is 5.91 Å². The highest BCUT2D eigenvalue weighted by molar-refractivity contribution is 6.11. The summed E-state index contributed by atoms with van der Waals surface area (Å²) in [6.45, 7) is 0. The fraction of sp³-hybridized carbons (Fsp3) is 0.0625. The molecule has 3 rings (SSSR count). The molecule has 0 saturated carbocycles. The second-order valence-corrected chi connectivity index (χ2v) is 4.86. The van der Waals surface area contributed by atoms with E-state index in [1.165, 1.54) is 4.57 Å². The van der Waals surface area contributed by atoms with Crippen LogP contribution in [0.25, 0.3) is 10.9 Å². The van der Waals surface area contributed by atoms with Crippen LogP contribution in [0.5, 0.6) is 0 Å². The van der Waals surface area contributed by atoms with E-state index in [1.807, 2.05) is 12.1 Å². The normalized spacial score (nSPS) is 14.7. The number of hydrogen-bond donors (Lipinski definition) is 3. The molecule has 1 atom stereocenters. The highest BCUT2D eigenvalue weighted by atomic mass is 16.4. The van der Waals surface area contributed by atoms with Gasteiger partial charge in [0, 0.05) is 17.9 Å². The van der Waals surface area contributed by atoms with Gasteiger partial charge in [-0.25, -0.2) is 4.79 Å². The van der Waals surface area contributed by atoms with Gasteiger partial charge in [-0.05, 0) is 29.7 Å². The zero-order valence-corrected chi connectivity index (χ0v) is 12.0. The third-order valence-electron chi connectivity index (χ3n) is 3.36. The number of carbonyl (C=O) groups excluding carboxylic acids is 1. The third kappa shape index (κ3) is 2.98. The first kappa shape index (κ1) is 14.6. The van der Waals surface area contributed by atoms with Crippen LogP contribution in [0, 0.1) is 0 Å². The predicted molar refractivity (Wildman–Crippen MR) is 85.6 cm³/mol. The van der Waals surface area contributed by atoms with Gasteiger partial charge in [0.15, 0.2) is 5.84 Å². The largest absolute Gasteiger partial charge is 0.479 e. The van der Waals surface area contributed by atoms with Gasteiger partial charge in [0.2, 0.25) is 6.04 Å². The van der Waals surface area contributed by atoms with Gasteiger partial charge in [-0.3, -0.25) is 10.2 Å². The van der Waals surface area contributed by atoms with E-state index < -0.39 is 17.9 Å². The summed E-state index contributed by atoms with van der Waals surface area (Å²) in [5.41, 5.74) is 3.29. The summed E-state index contributed by atoms with van der Waals surface area (Å²) in [6.07, 6.45) is 8.13. The monoisotopic (exact) mass is 310 g/mol. The molecule has 0 spiro atoms. The molecule has 1 unspecified atom stereocenters. The summed E-state index contributed by atoms with van der Waals surface area (Å²) in [4.78, 5) is 24.1. The molecule has 1 aliphatic heterocycles. The van der Waals surface area contributed by atoms with E-state index >= 15 is 0 Å². The van der Waals surface area contributed by atoms with Crippen LogP contribution in [0.1, 0.15) is 6.04 Å². The molecule has 7 heteroatoms. The number of fused-ring (bicyclic) bond motifs is 1. The number of amidine groups is 1. The lowest BCUT2D eigenvalue weighted by Gasteiger charge is -2.15. The van der Waals surface area contributed by atoms with Gasteiger partial charge in [-0.15, -0.1) is 0 Å². The third-order valence-corrected chi connectivity index (χ3v) is 3.36. The number of aromatic nitrogens is 1. The first-order valence-electron chi connectivity index (χ1n) is 6.92. The molecule has 3 N–H and O–H groups in total. The van der Waals surface area contributed by atoms with E-state index in [-0.39, 0.29) is 5.84 Å². The SMILES string of the molecule is O=C(O)C(C(=O)NC1=NNC=CC=C1)n1ccc2ccccc21. The van der Waals surface area contributed by atoms with E-state index in [9.17, 15) is 14.7 Å². The number of carboxylic acids is 1. The number of para-hydroxylation sites is 1. The molecular formula is C16H14N4O3. The van der Waals surface area contributed by atoms with Crippen LogP contribution in [0.4, 0.5) is 0 Å². The first-order valence-corrected chi connectivity index (χ1v) is 6.92. The summed E-state index contributed by atoms with van der Waals surface area (Å²) in [5.74, 6) is -1.68. The Morgan fingerprint density at radius 3 is 2.87 bits per heavy atom. The lowest BCUT2D eigenvalue weighted by molar-refractivity contribution is -0.145. The zero-order chi connectivity index (χ0) is 16.2. The van der Waals surface area contributed by atoms with Crippen LogP contribution in [0.3, 0.4) is 0 Å². The number of nitrogens with zero attached hydrogens (tertiary/aromatic N) is 2. The Bertz CT molecular complexity index is 848.